The van der Waals surface area contributed by atoms with Crippen molar-refractivity contribution in [3.8, 4) is 0 Å². The van der Waals surface area contributed by atoms with Crippen molar-refractivity contribution in [3.63, 3.8) is 0 Å². The molecule has 2 rings (SSSR count). The summed E-state index contributed by atoms with van der Waals surface area (Å²) < 4.78 is 4.32. The van der Waals surface area contributed by atoms with E-state index in [1.807, 2.05) is 52.0 Å². The van der Waals surface area contributed by atoms with Gasteiger partial charge in [-0.1, -0.05) is 50.6 Å². The summed E-state index contributed by atoms with van der Waals surface area (Å²) in [5.41, 5.74) is 1.97. The number of aryl methyl sites for hydroxylation is 1. The predicted octanol–water partition coefficient (Wildman–Crippen LogP) is 3.55. The van der Waals surface area contributed by atoms with Gasteiger partial charge in [-0.15, -0.1) is 0 Å². The van der Waals surface area contributed by atoms with E-state index in [0.29, 0.717) is 17.3 Å². The number of carboxylic acid groups (broad SMARTS) is 1. The van der Waals surface area contributed by atoms with E-state index in [4.69, 9.17) is 0 Å². The van der Waals surface area contributed by atoms with Gasteiger partial charge in [0.2, 0.25) is 0 Å². The summed E-state index contributed by atoms with van der Waals surface area (Å²) in [5, 5.41) is 10.1. The largest absolute Gasteiger partial charge is 0.481 e. The van der Waals surface area contributed by atoms with Gasteiger partial charge in [0.05, 0.1) is 0 Å². The Labute approximate surface area is 129 Å². The van der Waals surface area contributed by atoms with Gasteiger partial charge in [-0.2, -0.15) is 4.37 Å². The Balaban J connectivity index is 2.27. The van der Waals surface area contributed by atoms with E-state index in [0.717, 1.165) is 11.1 Å². The van der Waals surface area contributed by atoms with Crippen LogP contribution in [0.1, 0.15) is 48.6 Å². The molecule has 0 radical (unpaired) electrons. The summed E-state index contributed by atoms with van der Waals surface area (Å²) in [4.78, 5) is 16.0. The smallest absolute Gasteiger partial charge is 0.313 e. The number of rotatable bonds is 4. The number of benzene rings is 1. The second-order valence-electron chi connectivity index (χ2n) is 6.29. The molecule has 1 heterocycles. The first kappa shape index (κ1) is 15.6. The van der Waals surface area contributed by atoms with E-state index in [2.05, 4.69) is 9.36 Å². The minimum Gasteiger partial charge on any atom is -0.481 e. The van der Waals surface area contributed by atoms with Crippen molar-refractivity contribution >= 4 is 17.5 Å². The van der Waals surface area contributed by atoms with E-state index >= 15 is 0 Å². The number of hydrogen-bond acceptors (Lipinski definition) is 4. The summed E-state index contributed by atoms with van der Waals surface area (Å²) in [7, 11) is 0. The standard InChI is InChI=1S/C16H20N2O2S/c1-10-6-5-7-11(8-10)9-12(14(19)20)13-17-15(18-21-13)16(2,3)4/h5-8,12H,9H2,1-4H3,(H,19,20). The van der Waals surface area contributed by atoms with Crippen molar-refractivity contribution in [2.45, 2.75) is 45.4 Å². The van der Waals surface area contributed by atoms with Crippen LogP contribution in [-0.2, 0) is 16.6 Å². The summed E-state index contributed by atoms with van der Waals surface area (Å²) in [6.07, 6.45) is 0.440. The highest BCUT2D eigenvalue weighted by Gasteiger charge is 2.27. The van der Waals surface area contributed by atoms with Crippen molar-refractivity contribution in [1.82, 2.24) is 9.36 Å². The average Bonchev–Trinajstić information content (AvgIpc) is 2.84. The van der Waals surface area contributed by atoms with E-state index in [1.54, 1.807) is 0 Å². The third kappa shape index (κ3) is 3.88. The van der Waals surface area contributed by atoms with Crippen LogP contribution >= 0.6 is 11.5 Å². The van der Waals surface area contributed by atoms with Crippen molar-refractivity contribution in [2.75, 3.05) is 0 Å². The molecular weight excluding hydrogens is 284 g/mol. The van der Waals surface area contributed by atoms with Gasteiger partial charge in [-0.25, -0.2) is 4.98 Å². The minimum absolute atomic E-state index is 0.166. The normalized spacial score (nSPS) is 13.1. The first-order valence-electron chi connectivity index (χ1n) is 6.90. The molecule has 21 heavy (non-hydrogen) atoms. The molecule has 1 atom stereocenters. The Morgan fingerprint density at radius 1 is 1.38 bits per heavy atom. The maximum absolute atomic E-state index is 11.6. The number of carboxylic acids is 1. The molecule has 1 aromatic heterocycles. The Morgan fingerprint density at radius 2 is 2.10 bits per heavy atom. The molecule has 0 fully saturated rings. The molecular formula is C16H20N2O2S. The topological polar surface area (TPSA) is 63.1 Å². The predicted molar refractivity (Wildman–Crippen MR) is 83.9 cm³/mol. The van der Waals surface area contributed by atoms with Crippen molar-refractivity contribution in [2.24, 2.45) is 0 Å². The van der Waals surface area contributed by atoms with Gasteiger partial charge in [0.1, 0.15) is 16.7 Å². The van der Waals surface area contributed by atoms with Gasteiger partial charge in [0, 0.05) is 5.41 Å². The van der Waals surface area contributed by atoms with Gasteiger partial charge in [0.25, 0.3) is 0 Å². The molecule has 4 nitrogen and oxygen atoms in total. The van der Waals surface area contributed by atoms with Crippen LogP contribution in [-0.4, -0.2) is 20.4 Å². The fourth-order valence-electron chi connectivity index (χ4n) is 2.04. The second kappa shape index (κ2) is 5.93. The zero-order valence-electron chi connectivity index (χ0n) is 12.8. The maximum Gasteiger partial charge on any atom is 0.313 e. The van der Waals surface area contributed by atoms with Gasteiger partial charge in [0.15, 0.2) is 0 Å². The molecule has 0 spiro atoms. The lowest BCUT2D eigenvalue weighted by molar-refractivity contribution is -0.138. The Bertz CT molecular complexity index is 644. The lowest BCUT2D eigenvalue weighted by atomic mass is 9.95. The third-order valence-corrected chi connectivity index (χ3v) is 4.06. The van der Waals surface area contributed by atoms with Crippen LogP contribution in [0.15, 0.2) is 24.3 Å². The van der Waals surface area contributed by atoms with Crippen LogP contribution in [0.2, 0.25) is 0 Å². The Morgan fingerprint density at radius 3 is 2.62 bits per heavy atom. The van der Waals surface area contributed by atoms with Crippen LogP contribution in [0.3, 0.4) is 0 Å². The molecule has 0 aliphatic carbocycles. The fraction of sp³-hybridized carbons (Fsp3) is 0.438. The number of carbonyl (C=O) groups is 1. The monoisotopic (exact) mass is 304 g/mol. The zero-order chi connectivity index (χ0) is 15.6. The number of aromatic nitrogens is 2. The summed E-state index contributed by atoms with van der Waals surface area (Å²) in [5.74, 6) is -0.786. The van der Waals surface area contributed by atoms with Gasteiger partial charge in [-0.05, 0) is 30.4 Å². The van der Waals surface area contributed by atoms with E-state index in [1.165, 1.54) is 11.5 Å². The highest BCUT2D eigenvalue weighted by molar-refractivity contribution is 7.05. The van der Waals surface area contributed by atoms with Crippen molar-refractivity contribution < 1.29 is 9.90 Å². The van der Waals surface area contributed by atoms with Crippen molar-refractivity contribution in [3.05, 3.63) is 46.2 Å². The van der Waals surface area contributed by atoms with E-state index in [-0.39, 0.29) is 5.41 Å². The van der Waals surface area contributed by atoms with Crippen LogP contribution in [0.5, 0.6) is 0 Å². The first-order valence-corrected chi connectivity index (χ1v) is 7.67. The maximum atomic E-state index is 11.6. The molecule has 0 aliphatic rings. The lowest BCUT2D eigenvalue weighted by Crippen LogP contribution is -2.16. The fourth-order valence-corrected chi connectivity index (χ4v) is 2.97. The highest BCUT2D eigenvalue weighted by Crippen LogP contribution is 2.27. The van der Waals surface area contributed by atoms with Crippen molar-refractivity contribution in [1.29, 1.82) is 0 Å². The molecule has 0 aliphatic heterocycles. The quantitative estimate of drug-likeness (QED) is 0.938. The molecule has 112 valence electrons. The molecule has 5 heteroatoms. The molecule has 2 aromatic rings. The molecule has 1 unspecified atom stereocenters. The Kier molecular flexibility index (Phi) is 4.42. The molecule has 0 saturated heterocycles. The number of aliphatic carboxylic acids is 1. The Hall–Kier alpha value is -1.75. The van der Waals surface area contributed by atoms with Crippen LogP contribution in [0.4, 0.5) is 0 Å². The molecule has 0 bridgehead atoms. The number of nitrogens with zero attached hydrogens (tertiary/aromatic N) is 2. The minimum atomic E-state index is -0.854. The SMILES string of the molecule is Cc1cccc(CC(C(=O)O)c2nc(C(C)(C)C)ns2)c1. The molecule has 1 aromatic carbocycles. The summed E-state index contributed by atoms with van der Waals surface area (Å²) in [6.45, 7) is 8.07. The van der Waals surface area contributed by atoms with Crippen LogP contribution in [0, 0.1) is 6.92 Å². The first-order chi connectivity index (χ1) is 9.77. The van der Waals surface area contributed by atoms with E-state index in [9.17, 15) is 9.90 Å². The third-order valence-electron chi connectivity index (χ3n) is 3.23. The summed E-state index contributed by atoms with van der Waals surface area (Å²) in [6, 6.07) is 7.92. The van der Waals surface area contributed by atoms with Crippen LogP contribution in [0.25, 0.3) is 0 Å². The van der Waals surface area contributed by atoms with Gasteiger partial charge in [-0.3, -0.25) is 4.79 Å². The molecule has 0 amide bonds. The van der Waals surface area contributed by atoms with E-state index < -0.39 is 11.9 Å². The van der Waals surface area contributed by atoms with Crippen LogP contribution < -0.4 is 0 Å². The molecule has 1 N–H and O–H groups in total. The highest BCUT2D eigenvalue weighted by atomic mass is 32.1. The van der Waals surface area contributed by atoms with Gasteiger partial charge >= 0.3 is 5.97 Å². The average molecular weight is 304 g/mol. The zero-order valence-corrected chi connectivity index (χ0v) is 13.6. The lowest BCUT2D eigenvalue weighted by Gasteiger charge is -2.13. The molecule has 0 saturated carbocycles. The van der Waals surface area contributed by atoms with Gasteiger partial charge < -0.3 is 5.11 Å². The second-order valence-corrected chi connectivity index (χ2v) is 7.07. The number of hydrogen-bond donors (Lipinski definition) is 1. The summed E-state index contributed by atoms with van der Waals surface area (Å²) >= 11 is 1.19.